The van der Waals surface area contributed by atoms with Crippen molar-refractivity contribution in [2.45, 2.75) is 6.54 Å². The Morgan fingerprint density at radius 2 is 1.89 bits per heavy atom. The maximum Gasteiger partial charge on any atom is 0.371 e. The molecule has 0 saturated heterocycles. The molecule has 0 bridgehead atoms. The molecule has 0 aliphatic rings. The standard InChI is InChI=1S/C9H13NO7S2/c1-18(13,14)4-5-19(15,16)10-6-7-2-3-8(17-7)9(11)12/h2-3,10H,4-6H2,1H3,(H,11,12). The summed E-state index contributed by atoms with van der Waals surface area (Å²) in [6.45, 7) is -0.237. The summed E-state index contributed by atoms with van der Waals surface area (Å²) in [5.74, 6) is -2.48. The summed E-state index contributed by atoms with van der Waals surface area (Å²) in [4.78, 5) is 10.5. The molecule has 1 heterocycles. The number of furan rings is 1. The highest BCUT2D eigenvalue weighted by Crippen LogP contribution is 2.07. The van der Waals surface area contributed by atoms with Crippen molar-refractivity contribution >= 4 is 25.8 Å². The Balaban J connectivity index is 2.57. The normalized spacial score (nSPS) is 12.5. The minimum Gasteiger partial charge on any atom is -0.475 e. The zero-order valence-electron chi connectivity index (χ0n) is 9.99. The largest absolute Gasteiger partial charge is 0.475 e. The predicted molar refractivity (Wildman–Crippen MR) is 66.0 cm³/mol. The summed E-state index contributed by atoms with van der Waals surface area (Å²) in [6, 6.07) is 2.52. The van der Waals surface area contributed by atoms with E-state index in [4.69, 9.17) is 9.52 Å². The molecule has 0 fully saturated rings. The van der Waals surface area contributed by atoms with Crippen LogP contribution in [0.1, 0.15) is 16.3 Å². The van der Waals surface area contributed by atoms with Gasteiger partial charge in [0.15, 0.2) is 0 Å². The van der Waals surface area contributed by atoms with E-state index in [9.17, 15) is 21.6 Å². The monoisotopic (exact) mass is 311 g/mol. The fraction of sp³-hybridized carbons (Fsp3) is 0.444. The molecule has 108 valence electrons. The highest BCUT2D eigenvalue weighted by molar-refractivity contribution is 7.93. The van der Waals surface area contributed by atoms with Gasteiger partial charge in [-0.2, -0.15) is 0 Å². The molecule has 8 nitrogen and oxygen atoms in total. The summed E-state index contributed by atoms with van der Waals surface area (Å²) >= 11 is 0. The molecule has 1 aromatic heterocycles. The number of hydrogen-bond donors (Lipinski definition) is 2. The van der Waals surface area contributed by atoms with Crippen molar-refractivity contribution in [2.24, 2.45) is 0 Å². The summed E-state index contributed by atoms with van der Waals surface area (Å²) in [7, 11) is -7.13. The van der Waals surface area contributed by atoms with Crippen LogP contribution in [0.4, 0.5) is 0 Å². The number of carbonyl (C=O) groups is 1. The zero-order valence-corrected chi connectivity index (χ0v) is 11.6. The van der Waals surface area contributed by atoms with Gasteiger partial charge in [-0.25, -0.2) is 26.4 Å². The van der Waals surface area contributed by atoms with Crippen molar-refractivity contribution in [3.8, 4) is 0 Å². The van der Waals surface area contributed by atoms with Gasteiger partial charge in [-0.1, -0.05) is 0 Å². The van der Waals surface area contributed by atoms with Crippen molar-refractivity contribution in [3.63, 3.8) is 0 Å². The first kappa shape index (κ1) is 15.7. The average molecular weight is 311 g/mol. The second-order valence-electron chi connectivity index (χ2n) is 3.84. The molecule has 0 spiro atoms. The first-order valence-electron chi connectivity index (χ1n) is 5.06. The number of rotatable bonds is 7. The Bertz CT molecular complexity index is 656. The molecule has 1 rings (SSSR count). The summed E-state index contributed by atoms with van der Waals surface area (Å²) in [5, 5.41) is 8.60. The molecule has 0 radical (unpaired) electrons. The van der Waals surface area contributed by atoms with E-state index in [1.54, 1.807) is 0 Å². The second-order valence-corrected chi connectivity index (χ2v) is 8.03. The number of nitrogens with one attached hydrogen (secondary N) is 1. The molecular weight excluding hydrogens is 298 g/mol. The maximum atomic E-state index is 11.5. The predicted octanol–water partition coefficient (Wildman–Crippen LogP) is -0.558. The van der Waals surface area contributed by atoms with E-state index in [1.807, 2.05) is 0 Å². The lowest BCUT2D eigenvalue weighted by molar-refractivity contribution is 0.0660. The Hall–Kier alpha value is -1.39. The summed E-state index contributed by atoms with van der Waals surface area (Å²) in [6.07, 6.45) is 0.939. The lowest BCUT2D eigenvalue weighted by Gasteiger charge is -2.04. The van der Waals surface area contributed by atoms with Gasteiger partial charge < -0.3 is 9.52 Å². The van der Waals surface area contributed by atoms with Crippen LogP contribution in [0.5, 0.6) is 0 Å². The van der Waals surface area contributed by atoms with E-state index in [-0.39, 0.29) is 18.1 Å². The van der Waals surface area contributed by atoms with E-state index in [2.05, 4.69) is 4.72 Å². The molecule has 19 heavy (non-hydrogen) atoms. The molecule has 0 aliphatic carbocycles. The first-order valence-corrected chi connectivity index (χ1v) is 8.77. The average Bonchev–Trinajstić information content (AvgIpc) is 2.72. The Morgan fingerprint density at radius 3 is 2.37 bits per heavy atom. The van der Waals surface area contributed by atoms with Crippen LogP contribution >= 0.6 is 0 Å². The molecular formula is C9H13NO7S2. The van der Waals surface area contributed by atoms with Crippen LogP contribution in [0.3, 0.4) is 0 Å². The van der Waals surface area contributed by atoms with Gasteiger partial charge in [0, 0.05) is 6.26 Å². The molecule has 0 aromatic carbocycles. The van der Waals surface area contributed by atoms with Gasteiger partial charge in [-0.3, -0.25) is 0 Å². The lowest BCUT2D eigenvalue weighted by Crippen LogP contribution is -2.29. The fourth-order valence-corrected chi connectivity index (χ4v) is 3.70. The minimum atomic E-state index is -3.76. The molecule has 1 aromatic rings. The van der Waals surface area contributed by atoms with Crippen molar-refractivity contribution in [3.05, 3.63) is 23.7 Å². The second kappa shape index (κ2) is 5.72. The van der Waals surface area contributed by atoms with Gasteiger partial charge in [0.05, 0.1) is 18.1 Å². The highest BCUT2D eigenvalue weighted by atomic mass is 32.2. The van der Waals surface area contributed by atoms with Gasteiger partial charge in [0.25, 0.3) is 0 Å². The number of hydrogen-bond acceptors (Lipinski definition) is 6. The van der Waals surface area contributed by atoms with Crippen molar-refractivity contribution < 1.29 is 31.2 Å². The summed E-state index contributed by atoms with van der Waals surface area (Å²) < 4.78 is 51.6. The minimum absolute atomic E-state index is 0.125. The van der Waals surface area contributed by atoms with Gasteiger partial charge in [0.2, 0.25) is 15.8 Å². The Morgan fingerprint density at radius 1 is 1.26 bits per heavy atom. The van der Waals surface area contributed by atoms with Gasteiger partial charge in [-0.05, 0) is 12.1 Å². The molecule has 0 amide bonds. The zero-order chi connectivity index (χ0) is 14.7. The number of sulfone groups is 1. The van der Waals surface area contributed by atoms with E-state index in [0.29, 0.717) is 0 Å². The molecule has 0 saturated carbocycles. The third kappa shape index (κ3) is 5.85. The third-order valence-electron chi connectivity index (χ3n) is 2.06. The Labute approximate surface area is 110 Å². The van der Waals surface area contributed by atoms with Crippen LogP contribution in [-0.2, 0) is 26.4 Å². The van der Waals surface area contributed by atoms with Crippen LogP contribution in [0.25, 0.3) is 0 Å². The fourth-order valence-electron chi connectivity index (χ4n) is 1.10. The van der Waals surface area contributed by atoms with Crippen molar-refractivity contribution in [1.29, 1.82) is 0 Å². The van der Waals surface area contributed by atoms with Crippen LogP contribution < -0.4 is 4.72 Å². The topological polar surface area (TPSA) is 131 Å². The van der Waals surface area contributed by atoms with E-state index in [1.165, 1.54) is 12.1 Å². The smallest absolute Gasteiger partial charge is 0.371 e. The van der Waals surface area contributed by atoms with Crippen molar-refractivity contribution in [1.82, 2.24) is 4.72 Å². The maximum absolute atomic E-state index is 11.5. The van der Waals surface area contributed by atoms with Gasteiger partial charge in [0.1, 0.15) is 15.6 Å². The quantitative estimate of drug-likeness (QED) is 0.690. The van der Waals surface area contributed by atoms with Crippen LogP contribution in [0.2, 0.25) is 0 Å². The van der Waals surface area contributed by atoms with E-state index >= 15 is 0 Å². The highest BCUT2D eigenvalue weighted by Gasteiger charge is 2.15. The molecule has 2 N–H and O–H groups in total. The van der Waals surface area contributed by atoms with Crippen molar-refractivity contribution in [2.75, 3.05) is 17.8 Å². The van der Waals surface area contributed by atoms with Gasteiger partial charge in [-0.15, -0.1) is 0 Å². The number of carboxylic acids is 1. The Kier molecular flexibility index (Phi) is 4.71. The number of sulfonamides is 1. The first-order chi connectivity index (χ1) is 8.59. The van der Waals surface area contributed by atoms with Gasteiger partial charge >= 0.3 is 5.97 Å². The van der Waals surface area contributed by atoms with Crippen LogP contribution in [0.15, 0.2) is 16.5 Å². The molecule has 10 heteroatoms. The number of aromatic carboxylic acids is 1. The van der Waals surface area contributed by atoms with Crippen LogP contribution in [0, 0.1) is 0 Å². The lowest BCUT2D eigenvalue weighted by atomic mass is 10.4. The summed E-state index contributed by atoms with van der Waals surface area (Å²) in [5.41, 5.74) is 0. The van der Waals surface area contributed by atoms with E-state index < -0.39 is 37.3 Å². The molecule has 0 atom stereocenters. The van der Waals surface area contributed by atoms with Crippen LogP contribution in [-0.4, -0.2) is 45.7 Å². The number of carboxylic acid groups (broad SMARTS) is 1. The third-order valence-corrected chi connectivity index (χ3v) is 4.59. The SMILES string of the molecule is CS(=O)(=O)CCS(=O)(=O)NCc1ccc(C(=O)O)o1. The molecule has 0 unspecified atom stereocenters. The van der Waals surface area contributed by atoms with E-state index in [0.717, 1.165) is 6.26 Å². The molecule has 0 aliphatic heterocycles.